The average molecular weight is 279 g/mol. The van der Waals surface area contributed by atoms with Crippen molar-refractivity contribution in [3.8, 4) is 0 Å². The number of rotatable bonds is 2. The Bertz CT molecular complexity index is 312. The zero-order valence-corrected chi connectivity index (χ0v) is 15.0. The van der Waals surface area contributed by atoms with E-state index in [2.05, 4.69) is 41.5 Å². The second-order valence-corrected chi connectivity index (χ2v) is 9.51. The minimum Gasteiger partial charge on any atom is -0.0622 e. The van der Waals surface area contributed by atoms with E-state index >= 15 is 0 Å². The molecule has 2 saturated carbocycles. The van der Waals surface area contributed by atoms with Crippen LogP contribution in [0.4, 0.5) is 0 Å². The van der Waals surface area contributed by atoms with Gasteiger partial charge in [0.25, 0.3) is 0 Å². The Morgan fingerprint density at radius 3 is 1.90 bits per heavy atom. The highest BCUT2D eigenvalue weighted by Gasteiger charge is 2.44. The van der Waals surface area contributed by atoms with Crippen molar-refractivity contribution in [3.05, 3.63) is 0 Å². The lowest BCUT2D eigenvalue weighted by Crippen LogP contribution is -2.40. The van der Waals surface area contributed by atoms with Gasteiger partial charge in [-0.2, -0.15) is 0 Å². The molecule has 0 aromatic carbocycles. The fourth-order valence-electron chi connectivity index (χ4n) is 5.58. The minimum absolute atomic E-state index is 0.541. The summed E-state index contributed by atoms with van der Waals surface area (Å²) in [6, 6.07) is 0. The number of hydrogen-bond acceptors (Lipinski definition) is 0. The molecule has 0 aromatic heterocycles. The van der Waals surface area contributed by atoms with E-state index in [1.807, 2.05) is 0 Å². The molecular weight excluding hydrogens is 240 g/mol. The molecule has 0 N–H and O–H groups in total. The maximum absolute atomic E-state index is 2.61. The first-order chi connectivity index (χ1) is 9.24. The maximum atomic E-state index is 2.61. The lowest BCUT2D eigenvalue weighted by molar-refractivity contribution is 0.0147. The Morgan fingerprint density at radius 1 is 0.750 bits per heavy atom. The van der Waals surface area contributed by atoms with Gasteiger partial charge in [-0.3, -0.25) is 0 Å². The van der Waals surface area contributed by atoms with Gasteiger partial charge in [-0.15, -0.1) is 0 Å². The third kappa shape index (κ3) is 3.42. The van der Waals surface area contributed by atoms with Crippen molar-refractivity contribution >= 4 is 0 Å². The predicted octanol–water partition coefficient (Wildman–Crippen LogP) is 6.69. The molecule has 4 atom stereocenters. The average Bonchev–Trinajstić information content (AvgIpc) is 2.49. The molecule has 2 aliphatic carbocycles. The van der Waals surface area contributed by atoms with Gasteiger partial charge in [-0.25, -0.2) is 0 Å². The molecule has 0 heteroatoms. The summed E-state index contributed by atoms with van der Waals surface area (Å²) in [5.41, 5.74) is 1.12. The highest BCUT2D eigenvalue weighted by molar-refractivity contribution is 4.93. The molecule has 20 heavy (non-hydrogen) atoms. The normalized spacial score (nSPS) is 39.3. The molecule has 0 nitrogen and oxygen atoms in total. The summed E-state index contributed by atoms with van der Waals surface area (Å²) in [6.07, 6.45) is 11.7. The molecule has 4 unspecified atom stereocenters. The Labute approximate surface area is 128 Å². The van der Waals surface area contributed by atoms with Crippen molar-refractivity contribution < 1.29 is 0 Å². The first-order valence-electron chi connectivity index (χ1n) is 9.24. The Kier molecular flexibility index (Phi) is 4.92. The van der Waals surface area contributed by atoms with Gasteiger partial charge in [0.2, 0.25) is 0 Å². The van der Waals surface area contributed by atoms with Crippen LogP contribution in [0.15, 0.2) is 0 Å². The van der Waals surface area contributed by atoms with Crippen LogP contribution in [0.25, 0.3) is 0 Å². The van der Waals surface area contributed by atoms with Gasteiger partial charge in [-0.1, -0.05) is 60.8 Å². The van der Waals surface area contributed by atoms with Gasteiger partial charge in [0.1, 0.15) is 0 Å². The topological polar surface area (TPSA) is 0 Å². The van der Waals surface area contributed by atoms with Crippen molar-refractivity contribution in [3.63, 3.8) is 0 Å². The van der Waals surface area contributed by atoms with E-state index in [4.69, 9.17) is 0 Å². The van der Waals surface area contributed by atoms with Crippen molar-refractivity contribution in [2.24, 2.45) is 34.5 Å². The Balaban J connectivity index is 2.14. The first-order valence-corrected chi connectivity index (χ1v) is 9.24. The van der Waals surface area contributed by atoms with Crippen molar-refractivity contribution in [2.75, 3.05) is 0 Å². The Hall–Kier alpha value is 0. The summed E-state index contributed by atoms with van der Waals surface area (Å²) in [6.45, 7) is 15.3. The zero-order valence-electron chi connectivity index (χ0n) is 15.0. The van der Waals surface area contributed by atoms with Gasteiger partial charge in [0.15, 0.2) is 0 Å². The monoisotopic (exact) mass is 278 g/mol. The smallest absolute Gasteiger partial charge is 0.0293 e. The second kappa shape index (κ2) is 6.01. The molecule has 0 saturated heterocycles. The van der Waals surface area contributed by atoms with Crippen LogP contribution in [0.2, 0.25) is 0 Å². The Morgan fingerprint density at radius 2 is 1.25 bits per heavy atom. The molecule has 0 spiro atoms. The van der Waals surface area contributed by atoms with E-state index in [1.165, 1.54) is 51.4 Å². The van der Waals surface area contributed by atoms with E-state index < -0.39 is 0 Å². The molecule has 118 valence electrons. The van der Waals surface area contributed by atoms with Crippen LogP contribution in [0.5, 0.6) is 0 Å². The summed E-state index contributed by atoms with van der Waals surface area (Å²) in [5, 5.41) is 0. The van der Waals surface area contributed by atoms with Crippen LogP contribution >= 0.6 is 0 Å². The fraction of sp³-hybridized carbons (Fsp3) is 1.00. The third-order valence-corrected chi connectivity index (χ3v) is 7.12. The molecule has 0 heterocycles. The largest absolute Gasteiger partial charge is 0.0622 e. The van der Waals surface area contributed by atoms with Gasteiger partial charge < -0.3 is 0 Å². The maximum Gasteiger partial charge on any atom is -0.0293 e. The summed E-state index contributed by atoms with van der Waals surface area (Å²) < 4.78 is 0. The molecule has 0 aliphatic heterocycles. The predicted molar refractivity (Wildman–Crippen MR) is 89.8 cm³/mol. The molecule has 0 radical (unpaired) electrons. The van der Waals surface area contributed by atoms with Crippen molar-refractivity contribution in [1.82, 2.24) is 0 Å². The standard InChI is InChI=1S/C20H38/c1-15-9-7-8-10-17(15)20(5,6)18-12-14-19(3,4)13-11-16(18)2/h15-18H,7-14H2,1-6H3. The quantitative estimate of drug-likeness (QED) is 0.493. The first kappa shape index (κ1) is 16.4. The molecule has 2 rings (SSSR count). The van der Waals surface area contributed by atoms with Crippen LogP contribution in [0.1, 0.15) is 92.9 Å². The molecule has 2 fully saturated rings. The van der Waals surface area contributed by atoms with Gasteiger partial charge in [0.05, 0.1) is 0 Å². The van der Waals surface area contributed by atoms with Gasteiger partial charge in [-0.05, 0) is 66.6 Å². The van der Waals surface area contributed by atoms with Crippen LogP contribution in [-0.4, -0.2) is 0 Å². The van der Waals surface area contributed by atoms with Crippen molar-refractivity contribution in [1.29, 1.82) is 0 Å². The van der Waals surface area contributed by atoms with E-state index in [-0.39, 0.29) is 0 Å². The summed E-state index contributed by atoms with van der Waals surface area (Å²) >= 11 is 0. The molecular formula is C20H38. The second-order valence-electron chi connectivity index (χ2n) is 9.51. The van der Waals surface area contributed by atoms with E-state index in [9.17, 15) is 0 Å². The van der Waals surface area contributed by atoms with Crippen LogP contribution < -0.4 is 0 Å². The van der Waals surface area contributed by atoms with Crippen molar-refractivity contribution in [2.45, 2.75) is 92.9 Å². The highest BCUT2D eigenvalue weighted by Crippen LogP contribution is 2.53. The summed E-state index contributed by atoms with van der Waals surface area (Å²) in [4.78, 5) is 0. The highest BCUT2D eigenvalue weighted by atomic mass is 14.5. The zero-order chi connectivity index (χ0) is 15.0. The summed E-state index contributed by atoms with van der Waals surface area (Å²) in [5.74, 6) is 3.77. The third-order valence-electron chi connectivity index (χ3n) is 7.12. The minimum atomic E-state index is 0.541. The van der Waals surface area contributed by atoms with Crippen LogP contribution in [0.3, 0.4) is 0 Å². The molecule has 0 amide bonds. The van der Waals surface area contributed by atoms with Crippen LogP contribution in [-0.2, 0) is 0 Å². The van der Waals surface area contributed by atoms with E-state index in [0.717, 1.165) is 23.7 Å². The van der Waals surface area contributed by atoms with E-state index in [1.54, 1.807) is 0 Å². The number of hydrogen-bond donors (Lipinski definition) is 0. The molecule has 0 aromatic rings. The van der Waals surface area contributed by atoms with Gasteiger partial charge >= 0.3 is 0 Å². The van der Waals surface area contributed by atoms with Gasteiger partial charge in [0, 0.05) is 0 Å². The fourth-order valence-corrected chi connectivity index (χ4v) is 5.58. The van der Waals surface area contributed by atoms with E-state index in [0.29, 0.717) is 10.8 Å². The lowest BCUT2D eigenvalue weighted by Gasteiger charge is -2.48. The lowest BCUT2D eigenvalue weighted by atomic mass is 9.57. The van der Waals surface area contributed by atoms with Crippen LogP contribution in [0, 0.1) is 34.5 Å². The molecule has 0 bridgehead atoms. The molecule has 2 aliphatic rings. The SMILES string of the molecule is CC1CCCCC1C(C)(C)C1CCC(C)(C)CCC1C. The summed E-state index contributed by atoms with van der Waals surface area (Å²) in [7, 11) is 0.